The van der Waals surface area contributed by atoms with Crippen LogP contribution in [0.5, 0.6) is 0 Å². The Morgan fingerprint density at radius 2 is 2.25 bits per heavy atom. The minimum Gasteiger partial charge on any atom is -0.355 e. The van der Waals surface area contributed by atoms with Gasteiger partial charge in [0.1, 0.15) is 0 Å². The van der Waals surface area contributed by atoms with E-state index >= 15 is 0 Å². The molecule has 0 aromatic carbocycles. The summed E-state index contributed by atoms with van der Waals surface area (Å²) in [6, 6.07) is 0.0694. The molecule has 1 unspecified atom stereocenters. The maximum Gasteiger partial charge on any atom is 0.237 e. The number of hydrogen-bond donors (Lipinski definition) is 2. The Bertz CT molecular complexity index is 193. The average molecular weight is 244 g/mol. The fourth-order valence-corrected chi connectivity index (χ4v) is 2.45. The Hall–Kier alpha value is -0.220. The summed E-state index contributed by atoms with van der Waals surface area (Å²) in [5, 5.41) is 6.29. The molecule has 1 aliphatic rings. The summed E-state index contributed by atoms with van der Waals surface area (Å²) >= 11 is 1.89. The van der Waals surface area contributed by atoms with Gasteiger partial charge in [0.05, 0.1) is 6.04 Å². The predicted molar refractivity (Wildman–Crippen MR) is 70.9 cm³/mol. The highest BCUT2D eigenvalue weighted by molar-refractivity contribution is 7.98. The topological polar surface area (TPSA) is 41.1 Å². The van der Waals surface area contributed by atoms with E-state index < -0.39 is 0 Å². The van der Waals surface area contributed by atoms with Crippen LogP contribution in [0, 0.1) is 0 Å². The van der Waals surface area contributed by atoms with E-state index in [2.05, 4.69) is 16.9 Å². The standard InChI is InChI=1S/C12H24N2OS/c1-16-10-6-2-4-9-14-12(15)11-7-3-5-8-13-11/h11,13H,2-10H2,1H3,(H,14,15). The number of rotatable bonds is 7. The van der Waals surface area contributed by atoms with Crippen LogP contribution >= 0.6 is 11.8 Å². The fraction of sp³-hybridized carbons (Fsp3) is 0.917. The maximum atomic E-state index is 11.7. The molecule has 0 bridgehead atoms. The van der Waals surface area contributed by atoms with E-state index in [4.69, 9.17) is 0 Å². The van der Waals surface area contributed by atoms with Gasteiger partial charge in [-0.1, -0.05) is 12.8 Å². The SMILES string of the molecule is CSCCCCCNC(=O)C1CCCCN1. The molecule has 0 aromatic heterocycles. The highest BCUT2D eigenvalue weighted by Gasteiger charge is 2.19. The van der Waals surface area contributed by atoms with Crippen molar-refractivity contribution in [2.45, 2.75) is 44.6 Å². The number of amides is 1. The summed E-state index contributed by atoms with van der Waals surface area (Å²) < 4.78 is 0. The maximum absolute atomic E-state index is 11.7. The number of carbonyl (C=O) groups is 1. The van der Waals surface area contributed by atoms with Gasteiger partial charge in [-0.25, -0.2) is 0 Å². The second-order valence-corrected chi connectivity index (χ2v) is 5.33. The van der Waals surface area contributed by atoms with E-state index in [0.29, 0.717) is 0 Å². The van der Waals surface area contributed by atoms with Gasteiger partial charge in [0.15, 0.2) is 0 Å². The minimum atomic E-state index is 0.0694. The Balaban J connectivity index is 1.97. The zero-order valence-electron chi connectivity index (χ0n) is 10.3. The average Bonchev–Trinajstić information content (AvgIpc) is 2.34. The Morgan fingerprint density at radius 3 is 2.94 bits per heavy atom. The van der Waals surface area contributed by atoms with Gasteiger partial charge in [-0.3, -0.25) is 4.79 Å². The van der Waals surface area contributed by atoms with Crippen LogP contribution in [0.4, 0.5) is 0 Å². The normalized spacial score (nSPS) is 20.7. The zero-order chi connectivity index (χ0) is 11.6. The highest BCUT2D eigenvalue weighted by Crippen LogP contribution is 2.07. The van der Waals surface area contributed by atoms with Crippen LogP contribution in [0.15, 0.2) is 0 Å². The zero-order valence-corrected chi connectivity index (χ0v) is 11.1. The van der Waals surface area contributed by atoms with Crippen molar-refractivity contribution in [2.24, 2.45) is 0 Å². The van der Waals surface area contributed by atoms with Crippen molar-refractivity contribution >= 4 is 17.7 Å². The lowest BCUT2D eigenvalue weighted by atomic mass is 10.0. The molecule has 0 aromatic rings. The summed E-state index contributed by atoms with van der Waals surface area (Å²) in [7, 11) is 0. The molecule has 16 heavy (non-hydrogen) atoms. The van der Waals surface area contributed by atoms with E-state index in [1.807, 2.05) is 11.8 Å². The lowest BCUT2D eigenvalue weighted by Gasteiger charge is -2.22. The van der Waals surface area contributed by atoms with Crippen LogP contribution in [0.1, 0.15) is 38.5 Å². The molecule has 1 atom stereocenters. The Kier molecular flexibility index (Phi) is 7.68. The molecular weight excluding hydrogens is 220 g/mol. The van der Waals surface area contributed by atoms with E-state index in [1.165, 1.54) is 31.4 Å². The van der Waals surface area contributed by atoms with Crippen LogP contribution < -0.4 is 10.6 Å². The van der Waals surface area contributed by atoms with Gasteiger partial charge < -0.3 is 10.6 Å². The number of hydrogen-bond acceptors (Lipinski definition) is 3. The van der Waals surface area contributed by atoms with Crippen molar-refractivity contribution in [1.82, 2.24) is 10.6 Å². The number of thioether (sulfide) groups is 1. The van der Waals surface area contributed by atoms with Crippen molar-refractivity contribution in [2.75, 3.05) is 25.1 Å². The lowest BCUT2D eigenvalue weighted by Crippen LogP contribution is -2.46. The summed E-state index contributed by atoms with van der Waals surface area (Å²) in [5.74, 6) is 1.43. The molecule has 94 valence electrons. The van der Waals surface area contributed by atoms with Crippen molar-refractivity contribution < 1.29 is 4.79 Å². The first-order valence-electron chi connectivity index (χ1n) is 6.34. The van der Waals surface area contributed by atoms with Crippen LogP contribution in [-0.4, -0.2) is 37.0 Å². The van der Waals surface area contributed by atoms with Gasteiger partial charge in [-0.15, -0.1) is 0 Å². The molecule has 1 aliphatic heterocycles. The summed E-state index contributed by atoms with van der Waals surface area (Å²) in [4.78, 5) is 11.7. The number of piperidine rings is 1. The first kappa shape index (κ1) is 13.8. The van der Waals surface area contributed by atoms with E-state index in [-0.39, 0.29) is 11.9 Å². The van der Waals surface area contributed by atoms with Gasteiger partial charge in [-0.2, -0.15) is 11.8 Å². The second-order valence-electron chi connectivity index (χ2n) is 4.35. The van der Waals surface area contributed by atoms with Gasteiger partial charge >= 0.3 is 0 Å². The number of nitrogens with one attached hydrogen (secondary N) is 2. The molecule has 1 saturated heterocycles. The highest BCUT2D eigenvalue weighted by atomic mass is 32.2. The summed E-state index contributed by atoms with van der Waals surface area (Å²) in [5.41, 5.74) is 0. The van der Waals surface area contributed by atoms with Gasteiger partial charge in [0.25, 0.3) is 0 Å². The molecule has 1 amide bonds. The molecule has 1 fully saturated rings. The van der Waals surface area contributed by atoms with Crippen LogP contribution in [0.2, 0.25) is 0 Å². The number of carbonyl (C=O) groups excluding carboxylic acids is 1. The first-order chi connectivity index (χ1) is 7.84. The summed E-state index contributed by atoms with van der Waals surface area (Å²) in [6.07, 6.45) is 9.11. The third-order valence-electron chi connectivity index (χ3n) is 2.95. The molecule has 1 rings (SSSR count). The Labute approximate surface area is 103 Å². The van der Waals surface area contributed by atoms with E-state index in [9.17, 15) is 4.79 Å². The Morgan fingerprint density at radius 1 is 1.38 bits per heavy atom. The molecular formula is C12H24N2OS. The van der Waals surface area contributed by atoms with Crippen molar-refractivity contribution in [3.05, 3.63) is 0 Å². The van der Waals surface area contributed by atoms with Crippen LogP contribution in [-0.2, 0) is 4.79 Å². The summed E-state index contributed by atoms with van der Waals surface area (Å²) in [6.45, 7) is 1.83. The molecule has 2 N–H and O–H groups in total. The van der Waals surface area contributed by atoms with Gasteiger partial charge in [-0.05, 0) is 44.2 Å². The molecule has 0 spiro atoms. The van der Waals surface area contributed by atoms with Crippen molar-refractivity contribution in [3.8, 4) is 0 Å². The van der Waals surface area contributed by atoms with Gasteiger partial charge in [0, 0.05) is 6.54 Å². The monoisotopic (exact) mass is 244 g/mol. The van der Waals surface area contributed by atoms with Gasteiger partial charge in [0.2, 0.25) is 5.91 Å². The first-order valence-corrected chi connectivity index (χ1v) is 7.74. The quantitative estimate of drug-likeness (QED) is 0.671. The third-order valence-corrected chi connectivity index (χ3v) is 3.65. The second kappa shape index (κ2) is 8.88. The van der Waals surface area contributed by atoms with Crippen molar-refractivity contribution in [1.29, 1.82) is 0 Å². The molecule has 0 saturated carbocycles. The lowest BCUT2D eigenvalue weighted by molar-refractivity contribution is -0.123. The molecule has 4 heteroatoms. The minimum absolute atomic E-state index is 0.0694. The number of unbranched alkanes of at least 4 members (excludes halogenated alkanes) is 2. The molecule has 0 aliphatic carbocycles. The van der Waals surface area contributed by atoms with E-state index in [1.54, 1.807) is 0 Å². The fourth-order valence-electron chi connectivity index (χ4n) is 1.96. The van der Waals surface area contributed by atoms with Crippen LogP contribution in [0.25, 0.3) is 0 Å². The largest absolute Gasteiger partial charge is 0.355 e. The molecule has 1 heterocycles. The van der Waals surface area contributed by atoms with Crippen molar-refractivity contribution in [3.63, 3.8) is 0 Å². The smallest absolute Gasteiger partial charge is 0.237 e. The third kappa shape index (κ3) is 5.75. The molecule has 3 nitrogen and oxygen atoms in total. The molecule has 0 radical (unpaired) electrons. The van der Waals surface area contributed by atoms with Crippen LogP contribution in [0.3, 0.4) is 0 Å². The predicted octanol–water partition coefficient (Wildman–Crippen LogP) is 1.78. The van der Waals surface area contributed by atoms with E-state index in [0.717, 1.165) is 25.9 Å².